The number of nitrogens with one attached hydrogen (secondary N) is 2. The van der Waals surface area contributed by atoms with Crippen molar-refractivity contribution in [1.29, 1.82) is 0 Å². The molecule has 9 nitrogen and oxygen atoms in total. The average Bonchev–Trinajstić information content (AvgIpc) is 3.46. The van der Waals surface area contributed by atoms with Gasteiger partial charge in [0.25, 0.3) is 5.91 Å². The van der Waals surface area contributed by atoms with E-state index in [1.54, 1.807) is 65.5 Å². The lowest BCUT2D eigenvalue weighted by molar-refractivity contribution is 0.0938. The summed E-state index contributed by atoms with van der Waals surface area (Å²) in [6, 6.07) is 10.7. The molecule has 0 spiro atoms. The molecule has 176 valence electrons. The zero-order valence-electron chi connectivity index (χ0n) is 18.8. The lowest BCUT2D eigenvalue weighted by Crippen LogP contribution is -2.30. The van der Waals surface area contributed by atoms with Gasteiger partial charge in [-0.1, -0.05) is 17.7 Å². The van der Waals surface area contributed by atoms with E-state index < -0.39 is 17.8 Å². The Labute approximate surface area is 204 Å². The van der Waals surface area contributed by atoms with Crippen LogP contribution in [-0.2, 0) is 14.1 Å². The third-order valence-electron chi connectivity index (χ3n) is 5.49. The second-order valence-corrected chi connectivity index (χ2v) is 8.36. The Bertz CT molecular complexity index is 1550. The van der Waals surface area contributed by atoms with Crippen LogP contribution in [0, 0.1) is 5.82 Å². The van der Waals surface area contributed by atoms with Gasteiger partial charge in [0.15, 0.2) is 0 Å². The zero-order valence-corrected chi connectivity index (χ0v) is 19.5. The third kappa shape index (κ3) is 4.69. The minimum atomic E-state index is -0.653. The first-order valence-corrected chi connectivity index (χ1v) is 11.0. The van der Waals surface area contributed by atoms with Crippen LogP contribution in [0.4, 0.5) is 16.0 Å². The van der Waals surface area contributed by atoms with Crippen molar-refractivity contribution in [2.45, 2.75) is 6.04 Å². The second-order valence-electron chi connectivity index (χ2n) is 7.95. The maximum Gasteiger partial charge on any atom is 0.270 e. The Hall–Kier alpha value is -4.31. The van der Waals surface area contributed by atoms with Crippen molar-refractivity contribution in [3.05, 3.63) is 94.9 Å². The minimum absolute atomic E-state index is 0.00496. The first-order valence-electron chi connectivity index (χ1n) is 10.6. The summed E-state index contributed by atoms with van der Waals surface area (Å²) in [5.41, 5.74) is 2.02. The molecule has 11 heteroatoms. The van der Waals surface area contributed by atoms with Gasteiger partial charge >= 0.3 is 0 Å². The lowest BCUT2D eigenvalue weighted by Gasteiger charge is -2.18. The molecular formula is C24H20ClFN8O. The summed E-state index contributed by atoms with van der Waals surface area (Å²) in [6.45, 7) is 0. The third-order valence-corrected chi connectivity index (χ3v) is 5.80. The van der Waals surface area contributed by atoms with Crippen LogP contribution in [0.5, 0.6) is 0 Å². The number of hydrogen-bond acceptors (Lipinski definition) is 6. The minimum Gasteiger partial charge on any atom is -0.340 e. The molecule has 4 heterocycles. The van der Waals surface area contributed by atoms with E-state index in [1.807, 2.05) is 13.1 Å². The number of amides is 1. The Morgan fingerprint density at radius 2 is 1.91 bits per heavy atom. The van der Waals surface area contributed by atoms with Gasteiger partial charge in [-0.2, -0.15) is 10.2 Å². The van der Waals surface area contributed by atoms with Crippen molar-refractivity contribution < 1.29 is 9.18 Å². The average molecular weight is 491 g/mol. The van der Waals surface area contributed by atoms with E-state index >= 15 is 0 Å². The normalized spacial score (nSPS) is 12.0. The highest BCUT2D eigenvalue weighted by Crippen LogP contribution is 2.26. The number of aryl methyl sites for hydroxylation is 2. The van der Waals surface area contributed by atoms with E-state index in [4.69, 9.17) is 11.6 Å². The highest BCUT2D eigenvalue weighted by atomic mass is 35.5. The van der Waals surface area contributed by atoms with Crippen molar-refractivity contribution in [2.24, 2.45) is 14.1 Å². The number of anilines is 2. The van der Waals surface area contributed by atoms with Crippen molar-refractivity contribution in [3.63, 3.8) is 0 Å². The van der Waals surface area contributed by atoms with Gasteiger partial charge in [0, 0.05) is 49.6 Å². The van der Waals surface area contributed by atoms with E-state index in [9.17, 15) is 9.18 Å². The summed E-state index contributed by atoms with van der Waals surface area (Å²) in [4.78, 5) is 22.2. The summed E-state index contributed by atoms with van der Waals surface area (Å²) in [6.07, 6.45) is 6.73. The fourth-order valence-corrected chi connectivity index (χ4v) is 3.80. The van der Waals surface area contributed by atoms with E-state index in [-0.39, 0.29) is 10.7 Å². The monoisotopic (exact) mass is 490 g/mol. The van der Waals surface area contributed by atoms with Gasteiger partial charge in [0.05, 0.1) is 29.0 Å². The van der Waals surface area contributed by atoms with Crippen LogP contribution in [0.3, 0.4) is 0 Å². The molecule has 0 radical (unpaired) electrons. The molecule has 35 heavy (non-hydrogen) atoms. The Morgan fingerprint density at radius 3 is 2.63 bits per heavy atom. The number of pyridine rings is 2. The number of aromatic nitrogens is 6. The smallest absolute Gasteiger partial charge is 0.270 e. The fraction of sp³-hybridized carbons (Fsp3) is 0.125. The summed E-state index contributed by atoms with van der Waals surface area (Å²) in [7, 11) is 3.58. The first-order chi connectivity index (χ1) is 16.9. The molecule has 0 aliphatic heterocycles. The van der Waals surface area contributed by atoms with Gasteiger partial charge in [0.1, 0.15) is 23.1 Å². The van der Waals surface area contributed by atoms with Gasteiger partial charge in [-0.3, -0.25) is 14.2 Å². The number of hydrogen-bond donors (Lipinski definition) is 2. The van der Waals surface area contributed by atoms with Gasteiger partial charge in [-0.05, 0) is 29.8 Å². The van der Waals surface area contributed by atoms with E-state index in [0.29, 0.717) is 22.5 Å². The molecule has 0 saturated carbocycles. The van der Waals surface area contributed by atoms with E-state index in [1.165, 1.54) is 12.1 Å². The van der Waals surface area contributed by atoms with E-state index in [2.05, 4.69) is 30.8 Å². The summed E-state index contributed by atoms with van der Waals surface area (Å²) >= 11 is 5.85. The van der Waals surface area contributed by atoms with Gasteiger partial charge in [-0.25, -0.2) is 14.4 Å². The van der Waals surface area contributed by atoms with Crippen LogP contribution in [0.15, 0.2) is 67.3 Å². The largest absolute Gasteiger partial charge is 0.340 e. The van der Waals surface area contributed by atoms with Crippen molar-refractivity contribution in [2.75, 3.05) is 5.32 Å². The molecule has 5 rings (SSSR count). The van der Waals surface area contributed by atoms with Crippen molar-refractivity contribution in [1.82, 2.24) is 34.8 Å². The SMILES string of the molecule is Cn1cc([C@@H](NC(=O)c2ccc3cnc(Nc4ccnn4C)cc3n2)c2ccc(Cl)c(F)c2)cn1. The molecule has 0 saturated heterocycles. The Balaban J connectivity index is 1.45. The molecule has 0 bridgehead atoms. The van der Waals surface area contributed by atoms with Gasteiger partial charge < -0.3 is 10.6 Å². The zero-order chi connectivity index (χ0) is 24.5. The molecule has 0 aliphatic rings. The Morgan fingerprint density at radius 1 is 1.06 bits per heavy atom. The van der Waals surface area contributed by atoms with Crippen LogP contribution in [0.2, 0.25) is 5.02 Å². The number of carbonyl (C=O) groups is 1. The number of nitrogens with zero attached hydrogens (tertiary/aromatic N) is 6. The number of benzene rings is 1. The van der Waals surface area contributed by atoms with Crippen LogP contribution in [0.25, 0.3) is 10.9 Å². The summed E-state index contributed by atoms with van der Waals surface area (Å²) in [5.74, 6) is 0.336. The first kappa shape index (κ1) is 22.5. The summed E-state index contributed by atoms with van der Waals surface area (Å²) in [5, 5.41) is 15.2. The second kappa shape index (κ2) is 9.15. The molecule has 4 aromatic heterocycles. The van der Waals surface area contributed by atoms with Crippen molar-refractivity contribution >= 4 is 40.0 Å². The molecule has 0 fully saturated rings. The molecule has 1 aromatic carbocycles. The maximum atomic E-state index is 14.2. The predicted molar refractivity (Wildman–Crippen MR) is 130 cm³/mol. The highest BCUT2D eigenvalue weighted by Gasteiger charge is 2.21. The van der Waals surface area contributed by atoms with Crippen LogP contribution in [-0.4, -0.2) is 35.4 Å². The van der Waals surface area contributed by atoms with Gasteiger partial charge in [0.2, 0.25) is 0 Å². The maximum absolute atomic E-state index is 14.2. The van der Waals surface area contributed by atoms with Gasteiger partial charge in [-0.15, -0.1) is 0 Å². The molecule has 0 unspecified atom stereocenters. The molecule has 0 aliphatic carbocycles. The van der Waals surface area contributed by atoms with Crippen LogP contribution >= 0.6 is 11.6 Å². The number of rotatable bonds is 6. The Kier molecular flexibility index (Phi) is 5.87. The molecule has 2 N–H and O–H groups in total. The quantitative estimate of drug-likeness (QED) is 0.370. The predicted octanol–water partition coefficient (Wildman–Crippen LogP) is 4.15. The molecule has 1 amide bonds. The van der Waals surface area contributed by atoms with Crippen LogP contribution in [0.1, 0.15) is 27.7 Å². The lowest BCUT2D eigenvalue weighted by atomic mass is 10.0. The number of halogens is 2. The number of fused-ring (bicyclic) bond motifs is 1. The molecular weight excluding hydrogens is 471 g/mol. The highest BCUT2D eigenvalue weighted by molar-refractivity contribution is 6.30. The molecule has 5 aromatic rings. The van der Waals surface area contributed by atoms with Crippen LogP contribution < -0.4 is 10.6 Å². The molecule has 1 atom stereocenters. The standard InChI is InChI=1S/C24H20ClFN8O/c1-33-13-16(12-29-33)23(14-3-5-17(25)18(26)9-14)32-24(35)19-6-4-15-11-27-21(10-20(15)30-19)31-22-7-8-28-34(22)2/h3-13,23H,1-2H3,(H,27,31)(H,32,35)/t23-/m0/s1. The topological polar surface area (TPSA) is 103 Å². The fourth-order valence-electron chi connectivity index (χ4n) is 3.68. The van der Waals surface area contributed by atoms with Crippen molar-refractivity contribution in [3.8, 4) is 0 Å². The number of carbonyl (C=O) groups excluding carboxylic acids is 1. The summed E-state index contributed by atoms with van der Waals surface area (Å²) < 4.78 is 17.5. The van der Waals surface area contributed by atoms with E-state index in [0.717, 1.165) is 11.2 Å².